The SMILES string of the molecule is CCC(C)(C)C(=O)OC1(C)CCCC1.CCC(C)(C)C(=O)OC1(C)CCCCC1.CCC(C)(C)C(=O)OC1(C)CCCCCCCCCCC1.CCC(C)C(=O)OC1(C)CCCC1.CCC(C)C(=O)OC1(CC)CCCC1.CCC1(OC(=O)C(C)(C)CC)CCCC1.CCC1(OC(=O)C(C)(C)CC)CCCCC1. The Bertz CT molecular complexity index is 2540. The van der Waals surface area contributed by atoms with Gasteiger partial charge in [-0.3, -0.25) is 33.6 Å². The summed E-state index contributed by atoms with van der Waals surface area (Å²) in [4.78, 5) is 83.5. The molecular formula is C94H174O14. The van der Waals surface area contributed by atoms with E-state index in [0.29, 0.717) is 0 Å². The van der Waals surface area contributed by atoms with Gasteiger partial charge in [-0.05, 0) is 341 Å². The molecule has 0 aromatic heterocycles. The Kier molecular flexibility index (Phi) is 45.9. The Labute approximate surface area is 665 Å². The summed E-state index contributed by atoms with van der Waals surface area (Å²) in [6, 6.07) is 0. The second-order valence-electron chi connectivity index (χ2n) is 38.6. The van der Waals surface area contributed by atoms with Crippen molar-refractivity contribution in [2.75, 3.05) is 0 Å². The molecule has 0 aromatic carbocycles. The van der Waals surface area contributed by atoms with E-state index in [1.54, 1.807) is 0 Å². The lowest BCUT2D eigenvalue weighted by Crippen LogP contribution is -2.40. The molecule has 0 aliphatic heterocycles. The van der Waals surface area contributed by atoms with Crippen LogP contribution in [0.2, 0.25) is 0 Å². The van der Waals surface area contributed by atoms with E-state index in [1.807, 2.05) is 125 Å². The first kappa shape index (κ1) is 102. The number of carbonyl (C=O) groups is 7. The topological polar surface area (TPSA) is 184 Å². The largest absolute Gasteiger partial charge is 0.459 e. The van der Waals surface area contributed by atoms with Crippen molar-refractivity contribution in [3.8, 4) is 0 Å². The molecule has 7 aliphatic rings. The van der Waals surface area contributed by atoms with E-state index < -0.39 is 0 Å². The average molecular weight is 1530 g/mol. The lowest BCUT2D eigenvalue weighted by atomic mass is 9.82. The number of rotatable bonds is 24. The fraction of sp³-hybridized carbons (Fsp3) is 0.926. The minimum atomic E-state index is -0.354. The van der Waals surface area contributed by atoms with Crippen LogP contribution in [0, 0.1) is 38.9 Å². The molecule has 0 spiro atoms. The lowest BCUT2D eigenvalue weighted by molar-refractivity contribution is -0.175. The van der Waals surface area contributed by atoms with E-state index in [1.165, 1.54) is 148 Å². The summed E-state index contributed by atoms with van der Waals surface area (Å²) in [5.41, 5.74) is -2.84. The van der Waals surface area contributed by atoms with Crippen LogP contribution in [-0.2, 0) is 66.7 Å². The third-order valence-electron chi connectivity index (χ3n) is 26.9. The Morgan fingerprint density at radius 2 is 0.398 bits per heavy atom. The molecule has 7 aliphatic carbocycles. The molecule has 7 rings (SSSR count). The van der Waals surface area contributed by atoms with Gasteiger partial charge < -0.3 is 33.2 Å². The number of hydrogen-bond acceptors (Lipinski definition) is 14. The van der Waals surface area contributed by atoms with Gasteiger partial charge in [-0.1, -0.05) is 141 Å². The highest BCUT2D eigenvalue weighted by molar-refractivity contribution is 5.78. The summed E-state index contributed by atoms with van der Waals surface area (Å²) < 4.78 is 40.1. The van der Waals surface area contributed by atoms with Crippen LogP contribution >= 0.6 is 0 Å². The van der Waals surface area contributed by atoms with E-state index in [9.17, 15) is 33.6 Å². The Morgan fingerprint density at radius 1 is 0.241 bits per heavy atom. The van der Waals surface area contributed by atoms with Crippen molar-refractivity contribution in [1.29, 1.82) is 0 Å². The Hall–Kier alpha value is -3.71. The van der Waals surface area contributed by atoms with Gasteiger partial charge in [0.05, 0.1) is 38.9 Å². The fourth-order valence-electron chi connectivity index (χ4n) is 14.6. The number of hydrogen-bond donors (Lipinski definition) is 0. The molecule has 2 atom stereocenters. The number of carbonyl (C=O) groups excluding carboxylic acids is 7. The molecule has 14 nitrogen and oxygen atoms in total. The highest BCUT2D eigenvalue weighted by Gasteiger charge is 2.44. The van der Waals surface area contributed by atoms with Crippen LogP contribution in [0.3, 0.4) is 0 Å². The molecule has 7 saturated carbocycles. The fourth-order valence-corrected chi connectivity index (χ4v) is 14.6. The van der Waals surface area contributed by atoms with Crippen LogP contribution < -0.4 is 0 Å². The van der Waals surface area contributed by atoms with Crippen molar-refractivity contribution in [2.45, 2.75) is 521 Å². The van der Waals surface area contributed by atoms with Crippen LogP contribution in [0.15, 0.2) is 0 Å². The summed E-state index contributed by atoms with van der Waals surface area (Å²) >= 11 is 0. The normalized spacial score (nSPS) is 21.3. The van der Waals surface area contributed by atoms with Gasteiger partial charge in [-0.15, -0.1) is 0 Å². The van der Waals surface area contributed by atoms with Gasteiger partial charge in [0.15, 0.2) is 0 Å². The first-order chi connectivity index (χ1) is 50.3. The summed E-state index contributed by atoms with van der Waals surface area (Å²) in [5.74, 6) is -0.0366. The molecule has 0 amide bonds. The molecule has 2 unspecified atom stereocenters. The van der Waals surface area contributed by atoms with Crippen molar-refractivity contribution in [2.24, 2.45) is 38.9 Å². The van der Waals surface area contributed by atoms with Crippen LogP contribution in [0.5, 0.6) is 0 Å². The Morgan fingerprint density at radius 3 is 0.611 bits per heavy atom. The maximum atomic E-state index is 12.4. The molecular weight excluding hydrogens is 1350 g/mol. The van der Waals surface area contributed by atoms with E-state index in [0.717, 1.165) is 154 Å². The van der Waals surface area contributed by atoms with Gasteiger partial charge in [0, 0.05) is 0 Å². The van der Waals surface area contributed by atoms with Gasteiger partial charge in [0.2, 0.25) is 0 Å². The van der Waals surface area contributed by atoms with Gasteiger partial charge in [-0.2, -0.15) is 0 Å². The minimum Gasteiger partial charge on any atom is -0.459 e. The van der Waals surface area contributed by atoms with E-state index in [2.05, 4.69) is 55.4 Å². The Balaban J connectivity index is 0.000000633. The van der Waals surface area contributed by atoms with Crippen molar-refractivity contribution in [3.63, 3.8) is 0 Å². The average Bonchev–Trinajstić information content (AvgIpc) is 1.06. The predicted octanol–water partition coefficient (Wildman–Crippen LogP) is 27.0. The summed E-state index contributed by atoms with van der Waals surface area (Å²) in [6.45, 7) is 52.5. The minimum absolute atomic E-state index is 0.00347. The van der Waals surface area contributed by atoms with Crippen molar-refractivity contribution >= 4 is 41.8 Å². The van der Waals surface area contributed by atoms with Crippen molar-refractivity contribution in [1.82, 2.24) is 0 Å². The summed E-state index contributed by atoms with van der Waals surface area (Å²) in [5, 5.41) is 0. The highest BCUT2D eigenvalue weighted by Crippen LogP contribution is 2.43. The first-order valence-corrected chi connectivity index (χ1v) is 44.9. The second-order valence-corrected chi connectivity index (χ2v) is 38.6. The maximum Gasteiger partial charge on any atom is 0.312 e. The molecule has 108 heavy (non-hydrogen) atoms. The third-order valence-corrected chi connectivity index (χ3v) is 26.9. The molecule has 0 N–H and O–H groups in total. The predicted molar refractivity (Wildman–Crippen MR) is 445 cm³/mol. The van der Waals surface area contributed by atoms with E-state index >= 15 is 0 Å². The summed E-state index contributed by atoms with van der Waals surface area (Å²) in [7, 11) is 0. The van der Waals surface area contributed by atoms with Gasteiger partial charge in [0.25, 0.3) is 0 Å². The molecule has 7 fully saturated rings. The maximum absolute atomic E-state index is 12.4. The van der Waals surface area contributed by atoms with Crippen LogP contribution in [0.4, 0.5) is 0 Å². The smallest absolute Gasteiger partial charge is 0.312 e. The van der Waals surface area contributed by atoms with Gasteiger partial charge in [0.1, 0.15) is 39.2 Å². The second kappa shape index (κ2) is 48.5. The van der Waals surface area contributed by atoms with Crippen LogP contribution in [0.1, 0.15) is 482 Å². The molecule has 0 bridgehead atoms. The third kappa shape index (κ3) is 36.6. The molecule has 0 saturated heterocycles. The number of esters is 7. The highest BCUT2D eigenvalue weighted by atomic mass is 16.6. The quantitative estimate of drug-likeness (QED) is 0.0657. The molecule has 0 heterocycles. The zero-order valence-electron chi connectivity index (χ0n) is 75.6. The van der Waals surface area contributed by atoms with Crippen molar-refractivity contribution < 1.29 is 66.7 Å². The standard InChI is InChI=1S/C19H36O2.C14H26O2.2C13H24O2.2C12H22O2.C11H20O2/c1-5-18(2,3)17(20)21-19(4)15-13-11-9-7-6-8-10-12-14-16-19;1-5-13(3,4)12(15)16-14(6-2)10-8-7-9-11-14;1-5-12(2,3)11(14)15-13(4)9-7-6-8-10-13;1-5-12(3,4)11(14)15-13(6-2)9-7-8-10-13;1-5-11(2,3)10(13)14-12(4)8-6-7-9-12;1-4-10(3)11(13)14-12(5-2)8-6-7-9-12;1-4-9(2)10(12)13-11(3)7-5-6-8-11/h5-16H2,1-4H3;5-11H2,1-4H3;2*5-10H2,1-4H3;5-9H2,1-4H3;10H,4-9H2,1-3H3;9H,4-8H2,1-3H3. The molecule has 14 heteroatoms. The van der Waals surface area contributed by atoms with E-state index in [-0.39, 0.29) is 120 Å². The van der Waals surface area contributed by atoms with Crippen LogP contribution in [0.25, 0.3) is 0 Å². The van der Waals surface area contributed by atoms with E-state index in [4.69, 9.17) is 33.2 Å². The van der Waals surface area contributed by atoms with Crippen molar-refractivity contribution in [3.05, 3.63) is 0 Å². The zero-order valence-corrected chi connectivity index (χ0v) is 75.6. The van der Waals surface area contributed by atoms with Crippen LogP contribution in [-0.4, -0.2) is 81.0 Å². The molecule has 0 radical (unpaired) electrons. The van der Waals surface area contributed by atoms with Gasteiger partial charge >= 0.3 is 41.8 Å². The molecule has 634 valence electrons. The first-order valence-electron chi connectivity index (χ1n) is 44.9. The zero-order chi connectivity index (χ0) is 82.4. The lowest BCUT2D eigenvalue weighted by Gasteiger charge is -2.38. The van der Waals surface area contributed by atoms with Gasteiger partial charge in [-0.25, -0.2) is 0 Å². The monoisotopic (exact) mass is 1530 g/mol. The summed E-state index contributed by atoms with van der Waals surface area (Å²) in [6.07, 6.45) is 52.1. The molecule has 0 aromatic rings. The number of ether oxygens (including phenoxy) is 7.